The molecule has 2 aromatic heterocycles. The van der Waals surface area contributed by atoms with Gasteiger partial charge in [-0.15, -0.1) is 0 Å². The highest BCUT2D eigenvalue weighted by atomic mass is 35.5. The Hall–Kier alpha value is -3.75. The zero-order valence-electron chi connectivity index (χ0n) is 19.3. The molecule has 0 aliphatic carbocycles. The number of carbonyl (C=O) groups excluding carboxylic acids is 2. The second-order valence-corrected chi connectivity index (χ2v) is 9.73. The van der Waals surface area contributed by atoms with Crippen molar-refractivity contribution < 1.29 is 19.4 Å². The maximum atomic E-state index is 13.4. The third-order valence-corrected chi connectivity index (χ3v) is 7.16. The molecule has 2 aromatic carbocycles. The van der Waals surface area contributed by atoms with Crippen molar-refractivity contribution in [1.82, 2.24) is 9.97 Å². The number of nitrogens with zero attached hydrogens (tertiary/aromatic N) is 3. The van der Waals surface area contributed by atoms with Gasteiger partial charge >= 0.3 is 5.91 Å². The van der Waals surface area contributed by atoms with Gasteiger partial charge in [0.1, 0.15) is 11.5 Å². The number of unbranched alkanes of at least 4 members (excludes halogenated alkanes) is 1. The van der Waals surface area contributed by atoms with E-state index < -0.39 is 17.7 Å². The molecule has 1 N–H and O–H groups in total. The summed E-state index contributed by atoms with van der Waals surface area (Å²) in [4.78, 5) is 36.6. The van der Waals surface area contributed by atoms with E-state index in [0.717, 1.165) is 17.5 Å². The van der Waals surface area contributed by atoms with Crippen LogP contribution in [0.15, 0.2) is 72.6 Å². The summed E-state index contributed by atoms with van der Waals surface area (Å²) in [5, 5.41) is 12.1. The number of halogens is 1. The standard InChI is InChI=1S/C27H22ClN3O4S/c1-2-3-14-35-19-7-4-16(5-8-19)23-22(24(32)17-10-12-29-13-11-17)25(33)26(34)31(23)27-30-20-9-6-18(28)15-21(20)36-27/h4-13,15,23,32H,2-3,14H2,1H3/b24-22+. The summed E-state index contributed by atoms with van der Waals surface area (Å²) in [6.07, 6.45) is 4.99. The first-order valence-electron chi connectivity index (χ1n) is 11.5. The molecule has 1 unspecified atom stereocenters. The third-order valence-electron chi connectivity index (χ3n) is 5.91. The fraction of sp³-hybridized carbons (Fsp3) is 0.185. The van der Waals surface area contributed by atoms with Gasteiger partial charge in [0.15, 0.2) is 5.13 Å². The van der Waals surface area contributed by atoms with E-state index in [0.29, 0.717) is 39.2 Å². The number of ether oxygens (including phenoxy) is 1. The second-order valence-electron chi connectivity index (χ2n) is 8.28. The zero-order chi connectivity index (χ0) is 25.2. The molecule has 3 heterocycles. The maximum Gasteiger partial charge on any atom is 0.301 e. The van der Waals surface area contributed by atoms with Gasteiger partial charge in [-0.3, -0.25) is 19.5 Å². The summed E-state index contributed by atoms with van der Waals surface area (Å²) in [6, 6.07) is 14.8. The summed E-state index contributed by atoms with van der Waals surface area (Å²) in [5.74, 6) is -1.12. The molecule has 4 aromatic rings. The molecule has 9 heteroatoms. The van der Waals surface area contributed by atoms with Gasteiger partial charge in [0.05, 0.1) is 28.4 Å². The van der Waals surface area contributed by atoms with Crippen molar-refractivity contribution in [2.24, 2.45) is 0 Å². The first-order chi connectivity index (χ1) is 17.5. The Kier molecular flexibility index (Phi) is 6.71. The lowest BCUT2D eigenvalue weighted by Crippen LogP contribution is -2.29. The Morgan fingerprint density at radius 3 is 2.58 bits per heavy atom. The van der Waals surface area contributed by atoms with Crippen molar-refractivity contribution in [3.63, 3.8) is 0 Å². The van der Waals surface area contributed by atoms with Gasteiger partial charge in [0, 0.05) is 23.0 Å². The number of fused-ring (bicyclic) bond motifs is 1. The molecule has 36 heavy (non-hydrogen) atoms. The van der Waals surface area contributed by atoms with Crippen molar-refractivity contribution in [2.75, 3.05) is 11.5 Å². The van der Waals surface area contributed by atoms with Crippen LogP contribution in [0.3, 0.4) is 0 Å². The highest BCUT2D eigenvalue weighted by Gasteiger charge is 2.48. The van der Waals surface area contributed by atoms with Crippen molar-refractivity contribution in [2.45, 2.75) is 25.8 Å². The number of pyridine rings is 1. The van der Waals surface area contributed by atoms with Gasteiger partial charge in [-0.2, -0.15) is 0 Å². The fourth-order valence-electron chi connectivity index (χ4n) is 4.08. The topological polar surface area (TPSA) is 92.6 Å². The predicted octanol–water partition coefficient (Wildman–Crippen LogP) is 6.15. The minimum absolute atomic E-state index is 0.0110. The van der Waals surface area contributed by atoms with E-state index in [-0.39, 0.29) is 11.3 Å². The summed E-state index contributed by atoms with van der Waals surface area (Å²) in [6.45, 7) is 2.69. The molecule has 0 bridgehead atoms. The van der Waals surface area contributed by atoms with E-state index in [1.54, 1.807) is 54.6 Å². The Labute approximate surface area is 216 Å². The molecule has 1 aliphatic heterocycles. The zero-order valence-corrected chi connectivity index (χ0v) is 20.9. The number of benzene rings is 2. The van der Waals surface area contributed by atoms with Gasteiger partial charge in [-0.25, -0.2) is 4.98 Å². The van der Waals surface area contributed by atoms with E-state index in [2.05, 4.69) is 16.9 Å². The Morgan fingerprint density at radius 1 is 1.11 bits per heavy atom. The van der Waals surface area contributed by atoms with Crippen LogP contribution < -0.4 is 9.64 Å². The molecule has 5 rings (SSSR count). The van der Waals surface area contributed by atoms with Crippen molar-refractivity contribution in [3.05, 3.63) is 88.7 Å². The Bertz CT molecular complexity index is 1470. The number of rotatable bonds is 7. The molecule has 1 atom stereocenters. The van der Waals surface area contributed by atoms with Crippen LogP contribution in [0.2, 0.25) is 5.02 Å². The average Bonchev–Trinajstić information content (AvgIpc) is 3.42. The van der Waals surface area contributed by atoms with Crippen LogP contribution in [-0.2, 0) is 9.59 Å². The molecule has 1 fully saturated rings. The summed E-state index contributed by atoms with van der Waals surface area (Å²) >= 11 is 7.40. The molecule has 0 spiro atoms. The van der Waals surface area contributed by atoms with Crippen LogP contribution in [0.4, 0.5) is 5.13 Å². The fourth-order valence-corrected chi connectivity index (χ4v) is 5.35. The van der Waals surface area contributed by atoms with E-state index in [1.807, 2.05) is 0 Å². The van der Waals surface area contributed by atoms with Gasteiger partial charge in [-0.05, 0) is 54.4 Å². The molecule has 1 saturated heterocycles. The number of hydrogen-bond donors (Lipinski definition) is 1. The van der Waals surface area contributed by atoms with E-state index in [4.69, 9.17) is 16.3 Å². The first-order valence-corrected chi connectivity index (χ1v) is 12.7. The normalized spacial score (nSPS) is 17.2. The van der Waals surface area contributed by atoms with Crippen LogP contribution in [-0.4, -0.2) is 33.4 Å². The third kappa shape index (κ3) is 4.45. The molecule has 0 radical (unpaired) electrons. The lowest BCUT2D eigenvalue weighted by atomic mass is 9.95. The molecule has 1 aliphatic rings. The quantitative estimate of drug-likeness (QED) is 0.136. The van der Waals surface area contributed by atoms with E-state index >= 15 is 0 Å². The Morgan fingerprint density at radius 2 is 1.86 bits per heavy atom. The van der Waals surface area contributed by atoms with Gasteiger partial charge in [-0.1, -0.05) is 48.4 Å². The van der Waals surface area contributed by atoms with Crippen LogP contribution in [0.5, 0.6) is 5.75 Å². The number of thiazole rings is 1. The molecule has 7 nitrogen and oxygen atoms in total. The summed E-state index contributed by atoms with van der Waals surface area (Å²) < 4.78 is 6.56. The number of aliphatic hydroxyl groups is 1. The smallest absolute Gasteiger partial charge is 0.301 e. The summed E-state index contributed by atoms with van der Waals surface area (Å²) in [5.41, 5.74) is 1.69. The number of ketones is 1. The molecular weight excluding hydrogens is 498 g/mol. The van der Waals surface area contributed by atoms with Crippen molar-refractivity contribution in [3.8, 4) is 5.75 Å². The van der Waals surface area contributed by atoms with Gasteiger partial charge in [0.25, 0.3) is 5.78 Å². The minimum Gasteiger partial charge on any atom is -0.507 e. The number of aliphatic hydroxyl groups excluding tert-OH is 1. The molecule has 182 valence electrons. The van der Waals surface area contributed by atoms with Crippen LogP contribution >= 0.6 is 22.9 Å². The molecular formula is C27H22ClN3O4S. The number of carbonyl (C=O) groups is 2. The van der Waals surface area contributed by atoms with Gasteiger partial charge < -0.3 is 9.84 Å². The first kappa shape index (κ1) is 24.0. The van der Waals surface area contributed by atoms with Crippen LogP contribution in [0, 0.1) is 0 Å². The molecule has 0 saturated carbocycles. The number of Topliss-reactive ketones (excluding diaryl/α,β-unsaturated/α-hetero) is 1. The highest BCUT2D eigenvalue weighted by Crippen LogP contribution is 2.44. The highest BCUT2D eigenvalue weighted by molar-refractivity contribution is 7.22. The lowest BCUT2D eigenvalue weighted by Gasteiger charge is -2.23. The summed E-state index contributed by atoms with van der Waals surface area (Å²) in [7, 11) is 0. The van der Waals surface area contributed by atoms with Crippen LogP contribution in [0.1, 0.15) is 36.9 Å². The lowest BCUT2D eigenvalue weighted by molar-refractivity contribution is -0.132. The largest absolute Gasteiger partial charge is 0.507 e. The average molecular weight is 520 g/mol. The van der Waals surface area contributed by atoms with Crippen molar-refractivity contribution in [1.29, 1.82) is 0 Å². The maximum absolute atomic E-state index is 13.4. The number of anilines is 1. The number of hydrogen-bond acceptors (Lipinski definition) is 7. The van der Waals surface area contributed by atoms with E-state index in [1.165, 1.54) is 28.6 Å². The van der Waals surface area contributed by atoms with E-state index in [9.17, 15) is 14.7 Å². The Balaban J connectivity index is 1.63. The second kappa shape index (κ2) is 10.1. The van der Waals surface area contributed by atoms with Crippen LogP contribution in [0.25, 0.3) is 16.0 Å². The molecule has 1 amide bonds. The number of aromatic nitrogens is 2. The SMILES string of the molecule is CCCCOc1ccc(C2/C(=C(\O)c3ccncc3)C(=O)C(=O)N2c2nc3ccc(Cl)cc3s2)cc1. The van der Waals surface area contributed by atoms with Crippen molar-refractivity contribution >= 4 is 55.7 Å². The predicted molar refractivity (Wildman–Crippen MR) is 140 cm³/mol. The minimum atomic E-state index is -0.876. The van der Waals surface area contributed by atoms with Gasteiger partial charge in [0.2, 0.25) is 0 Å². The number of amides is 1. The monoisotopic (exact) mass is 519 g/mol.